The summed E-state index contributed by atoms with van der Waals surface area (Å²) < 4.78 is 11.9. The molecular formula is C25H25N3O4. The summed E-state index contributed by atoms with van der Waals surface area (Å²) in [6.45, 7) is 2.03. The van der Waals surface area contributed by atoms with Gasteiger partial charge in [0.05, 0.1) is 12.1 Å². The molecule has 2 aromatic carbocycles. The van der Waals surface area contributed by atoms with Crippen molar-refractivity contribution >= 4 is 22.7 Å². The number of primary amides is 1. The normalized spacial score (nSPS) is 19.1. The summed E-state index contributed by atoms with van der Waals surface area (Å²) in [5, 5.41) is 1.01. The van der Waals surface area contributed by atoms with E-state index in [0.717, 1.165) is 34.9 Å². The van der Waals surface area contributed by atoms with Gasteiger partial charge in [-0.3, -0.25) is 14.6 Å². The van der Waals surface area contributed by atoms with E-state index in [1.165, 1.54) is 0 Å². The number of para-hydroxylation sites is 1. The molecule has 7 heteroatoms. The molecule has 32 heavy (non-hydrogen) atoms. The van der Waals surface area contributed by atoms with Gasteiger partial charge in [0.2, 0.25) is 11.8 Å². The molecule has 1 aromatic heterocycles. The van der Waals surface area contributed by atoms with Gasteiger partial charge in [0, 0.05) is 53.9 Å². The van der Waals surface area contributed by atoms with Gasteiger partial charge in [-0.15, -0.1) is 0 Å². The van der Waals surface area contributed by atoms with Crippen LogP contribution in [0.3, 0.4) is 0 Å². The van der Waals surface area contributed by atoms with E-state index in [-0.39, 0.29) is 11.8 Å². The molecule has 5 rings (SSSR count). The van der Waals surface area contributed by atoms with Gasteiger partial charge in [0.1, 0.15) is 11.9 Å². The molecule has 0 saturated carbocycles. The minimum atomic E-state index is -0.515. The Morgan fingerprint density at radius 2 is 1.88 bits per heavy atom. The smallest absolute Gasteiger partial charge is 0.248 e. The Kier molecular flexibility index (Phi) is 5.49. The van der Waals surface area contributed by atoms with Crippen molar-refractivity contribution in [2.24, 2.45) is 11.7 Å². The number of carbonyl (C=O) groups is 2. The summed E-state index contributed by atoms with van der Waals surface area (Å²) >= 11 is 0. The molecule has 2 N–H and O–H groups in total. The standard InChI is InChI=1S/C25H25N3O4/c26-24(29)18-6-7-19-14-28(25(30)17-8-11-31-12-9-17)15-22(32-21(19)13-18)20-5-1-3-16-4-2-10-27-23(16)20/h1-7,10,13,17,22H,8-9,11-12,14-15H2,(H2,26,29). The van der Waals surface area contributed by atoms with Crippen molar-refractivity contribution in [2.45, 2.75) is 25.5 Å². The highest BCUT2D eigenvalue weighted by atomic mass is 16.5. The number of hydrogen-bond acceptors (Lipinski definition) is 5. The van der Waals surface area contributed by atoms with E-state index in [2.05, 4.69) is 4.98 Å². The SMILES string of the molecule is NC(=O)c1ccc2c(c1)OC(c1cccc3cccnc13)CN(C(=O)C1CCOCC1)C2. The molecule has 0 bridgehead atoms. The minimum absolute atomic E-state index is 0.0542. The zero-order valence-electron chi connectivity index (χ0n) is 17.7. The second-order valence-electron chi connectivity index (χ2n) is 8.32. The van der Waals surface area contributed by atoms with E-state index in [9.17, 15) is 9.59 Å². The Bertz CT molecular complexity index is 1170. The highest BCUT2D eigenvalue weighted by Crippen LogP contribution is 2.35. The lowest BCUT2D eigenvalue weighted by atomic mass is 9.97. The summed E-state index contributed by atoms with van der Waals surface area (Å²) in [5.41, 5.74) is 8.48. The molecule has 0 radical (unpaired) electrons. The maximum absolute atomic E-state index is 13.5. The van der Waals surface area contributed by atoms with Crippen molar-refractivity contribution in [1.82, 2.24) is 9.88 Å². The molecule has 1 saturated heterocycles. The second-order valence-corrected chi connectivity index (χ2v) is 8.32. The van der Waals surface area contributed by atoms with Crippen molar-refractivity contribution in [3.05, 3.63) is 71.4 Å². The lowest BCUT2D eigenvalue weighted by molar-refractivity contribution is -0.140. The molecule has 2 aliphatic heterocycles. The Morgan fingerprint density at radius 3 is 2.69 bits per heavy atom. The van der Waals surface area contributed by atoms with Crippen molar-refractivity contribution in [3.63, 3.8) is 0 Å². The number of benzene rings is 2. The van der Waals surface area contributed by atoms with Gasteiger partial charge < -0.3 is 20.1 Å². The number of nitrogens with two attached hydrogens (primary N) is 1. The van der Waals surface area contributed by atoms with Crippen molar-refractivity contribution in [1.29, 1.82) is 0 Å². The number of rotatable bonds is 3. The fourth-order valence-electron chi connectivity index (χ4n) is 4.53. The first-order valence-corrected chi connectivity index (χ1v) is 10.9. The summed E-state index contributed by atoms with van der Waals surface area (Å²) in [6.07, 6.45) is 2.78. The van der Waals surface area contributed by atoms with E-state index in [4.69, 9.17) is 15.2 Å². The van der Waals surface area contributed by atoms with Gasteiger partial charge in [0.25, 0.3) is 0 Å². The van der Waals surface area contributed by atoms with Gasteiger partial charge in [-0.2, -0.15) is 0 Å². The third-order valence-corrected chi connectivity index (χ3v) is 6.26. The Balaban J connectivity index is 1.57. The fraction of sp³-hybridized carbons (Fsp3) is 0.320. The first-order valence-electron chi connectivity index (χ1n) is 10.9. The number of aromatic nitrogens is 1. The molecule has 3 aromatic rings. The van der Waals surface area contributed by atoms with Crippen LogP contribution >= 0.6 is 0 Å². The Morgan fingerprint density at radius 1 is 1.06 bits per heavy atom. The second kappa shape index (κ2) is 8.59. The van der Waals surface area contributed by atoms with Crippen LogP contribution in [0.15, 0.2) is 54.7 Å². The van der Waals surface area contributed by atoms with Crippen LogP contribution < -0.4 is 10.5 Å². The lowest BCUT2D eigenvalue weighted by Gasteiger charge is -2.30. The summed E-state index contributed by atoms with van der Waals surface area (Å²) in [6, 6.07) is 15.0. The molecule has 1 atom stereocenters. The van der Waals surface area contributed by atoms with E-state index in [1.807, 2.05) is 41.3 Å². The van der Waals surface area contributed by atoms with Crippen LogP contribution in [0.2, 0.25) is 0 Å². The van der Waals surface area contributed by atoms with Crippen LogP contribution in [0.1, 0.15) is 40.4 Å². The van der Waals surface area contributed by atoms with Gasteiger partial charge in [-0.25, -0.2) is 0 Å². The fourth-order valence-corrected chi connectivity index (χ4v) is 4.53. The van der Waals surface area contributed by atoms with Gasteiger partial charge in [-0.05, 0) is 31.0 Å². The minimum Gasteiger partial charge on any atom is -0.483 e. The number of amides is 2. The molecule has 1 unspecified atom stereocenters. The van der Waals surface area contributed by atoms with Crippen molar-refractivity contribution in [2.75, 3.05) is 19.8 Å². The molecule has 3 heterocycles. The van der Waals surface area contributed by atoms with E-state index >= 15 is 0 Å². The zero-order chi connectivity index (χ0) is 22.1. The highest BCUT2D eigenvalue weighted by Gasteiger charge is 2.33. The predicted octanol–water partition coefficient (Wildman–Crippen LogP) is 3.22. The predicted molar refractivity (Wildman–Crippen MR) is 119 cm³/mol. The summed E-state index contributed by atoms with van der Waals surface area (Å²) in [5.74, 6) is 0.115. The molecule has 164 valence electrons. The number of carbonyl (C=O) groups excluding carboxylic acids is 2. The summed E-state index contributed by atoms with van der Waals surface area (Å²) in [4.78, 5) is 31.7. The monoisotopic (exact) mass is 431 g/mol. The number of fused-ring (bicyclic) bond motifs is 2. The van der Waals surface area contributed by atoms with Crippen LogP contribution in [0, 0.1) is 5.92 Å². The molecule has 0 aliphatic carbocycles. The van der Waals surface area contributed by atoms with Crippen LogP contribution in [0.4, 0.5) is 0 Å². The summed E-state index contributed by atoms with van der Waals surface area (Å²) in [7, 11) is 0. The van der Waals surface area contributed by atoms with Gasteiger partial charge in [-0.1, -0.05) is 30.3 Å². The lowest BCUT2D eigenvalue weighted by Crippen LogP contribution is -2.40. The van der Waals surface area contributed by atoms with Gasteiger partial charge >= 0.3 is 0 Å². The molecule has 2 aliphatic rings. The van der Waals surface area contributed by atoms with Crippen LogP contribution in [-0.2, 0) is 16.1 Å². The average Bonchev–Trinajstić information content (AvgIpc) is 3.03. The molecule has 1 fully saturated rings. The highest BCUT2D eigenvalue weighted by molar-refractivity contribution is 5.93. The maximum atomic E-state index is 13.5. The Hall–Kier alpha value is -3.45. The molecule has 7 nitrogen and oxygen atoms in total. The maximum Gasteiger partial charge on any atom is 0.248 e. The third kappa shape index (κ3) is 3.91. The number of hydrogen-bond donors (Lipinski definition) is 1. The molecule has 2 amide bonds. The van der Waals surface area contributed by atoms with Crippen LogP contribution in [0.5, 0.6) is 5.75 Å². The van der Waals surface area contributed by atoms with Crippen molar-refractivity contribution in [3.8, 4) is 5.75 Å². The first kappa shape index (κ1) is 20.5. The van der Waals surface area contributed by atoms with E-state index < -0.39 is 12.0 Å². The van der Waals surface area contributed by atoms with E-state index in [1.54, 1.807) is 18.3 Å². The first-order chi connectivity index (χ1) is 15.6. The largest absolute Gasteiger partial charge is 0.483 e. The number of pyridine rings is 1. The molecule has 0 spiro atoms. The van der Waals surface area contributed by atoms with Gasteiger partial charge in [0.15, 0.2) is 0 Å². The Labute approximate surface area is 186 Å². The zero-order valence-corrected chi connectivity index (χ0v) is 17.7. The third-order valence-electron chi connectivity index (χ3n) is 6.26. The quantitative estimate of drug-likeness (QED) is 0.687. The van der Waals surface area contributed by atoms with Crippen LogP contribution in [0.25, 0.3) is 10.9 Å². The molecular weight excluding hydrogens is 406 g/mol. The average molecular weight is 431 g/mol. The number of ether oxygens (including phenoxy) is 2. The van der Waals surface area contributed by atoms with Crippen molar-refractivity contribution < 1.29 is 19.1 Å². The number of nitrogens with zero attached hydrogens (tertiary/aromatic N) is 2. The topological polar surface area (TPSA) is 94.8 Å². The van der Waals surface area contributed by atoms with Crippen LogP contribution in [-0.4, -0.2) is 41.5 Å². The van der Waals surface area contributed by atoms with E-state index in [0.29, 0.717) is 37.6 Å².